The number of rotatable bonds is 6. The van der Waals surface area contributed by atoms with Gasteiger partial charge in [-0.1, -0.05) is 23.7 Å². The molecule has 42 heavy (non-hydrogen) atoms. The molecule has 0 radical (unpaired) electrons. The number of hydrogen-bond acceptors (Lipinski definition) is 7. The number of halogens is 2. The van der Waals surface area contributed by atoms with Gasteiger partial charge < -0.3 is 14.2 Å². The molecule has 0 atom stereocenters. The molecule has 0 aliphatic heterocycles. The number of hydrogen-bond donors (Lipinski definition) is 1. The molecule has 0 fully saturated rings. The highest BCUT2D eigenvalue weighted by Gasteiger charge is 2.26. The fourth-order valence-electron chi connectivity index (χ4n) is 4.70. The Kier molecular flexibility index (Phi) is 6.71. The number of fused-ring (bicyclic) bond motifs is 2. The van der Waals surface area contributed by atoms with E-state index in [0.29, 0.717) is 55.5 Å². The summed E-state index contributed by atoms with van der Waals surface area (Å²) in [5.74, 6) is -0.336. The smallest absolute Gasteiger partial charge is 0.255 e. The Hall–Kier alpha value is -4.74. The number of benzene rings is 3. The van der Waals surface area contributed by atoms with Crippen LogP contribution >= 0.6 is 11.6 Å². The molecule has 6 aromatic rings. The number of carbonyl (C=O) groups excluding carboxylic acids is 1. The van der Waals surface area contributed by atoms with Gasteiger partial charge in [-0.3, -0.25) is 9.10 Å². The van der Waals surface area contributed by atoms with Crippen LogP contribution < -0.4 is 9.62 Å². The van der Waals surface area contributed by atoms with Gasteiger partial charge in [0.15, 0.2) is 0 Å². The lowest BCUT2D eigenvalue weighted by Crippen LogP contribution is -2.25. The maximum atomic E-state index is 13.7. The zero-order valence-electron chi connectivity index (χ0n) is 22.5. The number of furan rings is 1. The number of amides is 1. The van der Waals surface area contributed by atoms with Crippen molar-refractivity contribution < 1.29 is 26.4 Å². The minimum absolute atomic E-state index is 0.223. The van der Waals surface area contributed by atoms with Crippen molar-refractivity contribution in [2.24, 2.45) is 0 Å². The lowest BCUT2D eigenvalue weighted by atomic mass is 9.97. The van der Waals surface area contributed by atoms with Gasteiger partial charge >= 0.3 is 0 Å². The molecule has 1 N–H and O–H groups in total. The highest BCUT2D eigenvalue weighted by molar-refractivity contribution is 7.92. The first kappa shape index (κ1) is 27.4. The average molecular weight is 605 g/mol. The summed E-state index contributed by atoms with van der Waals surface area (Å²) in [5, 5.41) is 3.50. The van der Waals surface area contributed by atoms with Gasteiger partial charge in [0.05, 0.1) is 22.5 Å². The maximum absolute atomic E-state index is 13.7. The molecule has 0 bridgehead atoms. The molecule has 3 heterocycles. The first-order chi connectivity index (χ1) is 20.0. The Morgan fingerprint density at radius 1 is 1.00 bits per heavy atom. The van der Waals surface area contributed by atoms with Crippen LogP contribution in [0.4, 0.5) is 10.1 Å². The Morgan fingerprint density at radius 3 is 2.45 bits per heavy atom. The van der Waals surface area contributed by atoms with Crippen LogP contribution in [0.5, 0.6) is 0 Å². The van der Waals surface area contributed by atoms with E-state index in [1.165, 1.54) is 44.6 Å². The molecule has 12 heteroatoms. The summed E-state index contributed by atoms with van der Waals surface area (Å²) in [4.78, 5) is 21.8. The maximum Gasteiger partial charge on any atom is 0.255 e. The molecule has 1 amide bonds. The van der Waals surface area contributed by atoms with Gasteiger partial charge in [-0.05, 0) is 54.1 Å². The molecule has 0 saturated heterocycles. The third kappa shape index (κ3) is 4.86. The highest BCUT2D eigenvalue weighted by atomic mass is 35.5. The molecule has 3 aromatic carbocycles. The van der Waals surface area contributed by atoms with E-state index in [1.807, 2.05) is 6.07 Å². The largest absolute Gasteiger partial charge is 0.455 e. The molecule has 0 aliphatic rings. The Bertz CT molecular complexity index is 2120. The molecular formula is C30H22ClFN4O5S. The Balaban J connectivity index is 1.60. The lowest BCUT2D eigenvalue weighted by molar-refractivity contribution is 0.0964. The highest BCUT2D eigenvalue weighted by Crippen LogP contribution is 2.42. The van der Waals surface area contributed by atoms with Crippen molar-refractivity contribution in [2.75, 3.05) is 24.7 Å². The van der Waals surface area contributed by atoms with Crippen molar-refractivity contribution in [1.29, 1.82) is 0 Å². The second kappa shape index (κ2) is 10.3. The van der Waals surface area contributed by atoms with Crippen LogP contribution in [0.2, 0.25) is 5.02 Å². The van der Waals surface area contributed by atoms with E-state index < -0.39 is 21.7 Å². The van der Waals surface area contributed by atoms with Crippen molar-refractivity contribution in [2.45, 2.75) is 0 Å². The van der Waals surface area contributed by atoms with Crippen LogP contribution in [0, 0.1) is 5.82 Å². The van der Waals surface area contributed by atoms with Crippen molar-refractivity contribution in [3.05, 3.63) is 89.3 Å². The quantitative estimate of drug-likeness (QED) is 0.230. The number of nitrogens with one attached hydrogen (secondary N) is 1. The average Bonchev–Trinajstić information content (AvgIpc) is 3.56. The van der Waals surface area contributed by atoms with Crippen molar-refractivity contribution in [1.82, 2.24) is 15.3 Å². The van der Waals surface area contributed by atoms with Gasteiger partial charge in [0.2, 0.25) is 21.6 Å². The number of sulfonamides is 1. The molecule has 0 aliphatic carbocycles. The summed E-state index contributed by atoms with van der Waals surface area (Å²) in [6.45, 7) is 0. The standard InChI is InChI=1S/C30H22ClFN4O5S/c1-33-28(37)26-22-13-21(17-5-4-6-18(11-17)29-35-23-12-19(31)15-34-30(23)41-29)24(36(2)42(3,38)39)14-25(22)40-27(26)16-7-9-20(32)10-8-16/h4-15H,1-3H3,(H,33,37). The van der Waals surface area contributed by atoms with E-state index in [2.05, 4.69) is 15.3 Å². The summed E-state index contributed by atoms with van der Waals surface area (Å²) in [5.41, 5.74) is 3.86. The van der Waals surface area contributed by atoms with Crippen LogP contribution in [0.25, 0.3) is 56.1 Å². The van der Waals surface area contributed by atoms with Crippen LogP contribution in [-0.4, -0.2) is 44.6 Å². The van der Waals surface area contributed by atoms with E-state index in [9.17, 15) is 17.6 Å². The SMILES string of the molecule is CNC(=O)c1c(-c2ccc(F)cc2)oc2cc(N(C)S(C)(=O)=O)c(-c3cccc(-c4nc5cc(Cl)cnc5o4)c3)cc12. The number of anilines is 1. The summed E-state index contributed by atoms with van der Waals surface area (Å²) in [7, 11) is -0.773. The van der Waals surface area contributed by atoms with Crippen LogP contribution in [0.3, 0.4) is 0 Å². The van der Waals surface area contributed by atoms with Gasteiger partial charge in [-0.2, -0.15) is 0 Å². The molecule has 0 unspecified atom stereocenters. The van der Waals surface area contributed by atoms with Gasteiger partial charge in [-0.25, -0.2) is 22.8 Å². The topological polar surface area (TPSA) is 119 Å². The molecule has 6 rings (SSSR count). The minimum atomic E-state index is -3.70. The van der Waals surface area contributed by atoms with Gasteiger partial charge in [-0.15, -0.1) is 0 Å². The normalized spacial score (nSPS) is 11.7. The number of nitrogens with zero attached hydrogens (tertiary/aromatic N) is 3. The van der Waals surface area contributed by atoms with Crippen LogP contribution in [0.15, 0.2) is 81.8 Å². The van der Waals surface area contributed by atoms with E-state index >= 15 is 0 Å². The molecule has 0 spiro atoms. The van der Waals surface area contributed by atoms with Gasteiger partial charge in [0.25, 0.3) is 5.91 Å². The summed E-state index contributed by atoms with van der Waals surface area (Å²) in [6.07, 6.45) is 2.56. The summed E-state index contributed by atoms with van der Waals surface area (Å²) < 4.78 is 52.2. The second-order valence-corrected chi connectivity index (χ2v) is 12.0. The number of oxazole rings is 1. The summed E-state index contributed by atoms with van der Waals surface area (Å²) >= 11 is 6.05. The van der Waals surface area contributed by atoms with E-state index in [4.69, 9.17) is 20.4 Å². The van der Waals surface area contributed by atoms with E-state index in [1.54, 1.807) is 36.4 Å². The fourth-order valence-corrected chi connectivity index (χ4v) is 5.36. The second-order valence-electron chi connectivity index (χ2n) is 9.57. The predicted octanol–water partition coefficient (Wildman–Crippen LogP) is 6.52. The molecule has 3 aromatic heterocycles. The molecule has 0 saturated carbocycles. The minimum Gasteiger partial charge on any atom is -0.455 e. The zero-order chi connectivity index (χ0) is 29.8. The number of carbonyl (C=O) groups is 1. The third-order valence-electron chi connectivity index (χ3n) is 6.84. The van der Waals surface area contributed by atoms with Crippen molar-refractivity contribution in [3.8, 4) is 33.9 Å². The molecular weight excluding hydrogens is 583 g/mol. The van der Waals surface area contributed by atoms with Crippen LogP contribution in [0.1, 0.15) is 10.4 Å². The third-order valence-corrected chi connectivity index (χ3v) is 8.24. The zero-order valence-corrected chi connectivity index (χ0v) is 24.0. The predicted molar refractivity (Wildman–Crippen MR) is 159 cm³/mol. The molecule has 212 valence electrons. The van der Waals surface area contributed by atoms with Crippen molar-refractivity contribution >= 4 is 55.4 Å². The van der Waals surface area contributed by atoms with Crippen molar-refractivity contribution in [3.63, 3.8) is 0 Å². The lowest BCUT2D eigenvalue weighted by Gasteiger charge is -2.21. The number of aromatic nitrogens is 2. The fraction of sp³-hybridized carbons (Fsp3) is 0.100. The Labute approximate surface area is 244 Å². The first-order valence-corrected chi connectivity index (χ1v) is 14.8. The monoisotopic (exact) mass is 604 g/mol. The van der Waals surface area contributed by atoms with Gasteiger partial charge in [0, 0.05) is 48.4 Å². The van der Waals surface area contributed by atoms with Gasteiger partial charge in [0.1, 0.15) is 22.7 Å². The summed E-state index contributed by atoms with van der Waals surface area (Å²) in [6, 6.07) is 17.7. The number of pyridine rings is 1. The Morgan fingerprint density at radius 2 is 1.74 bits per heavy atom. The van der Waals surface area contributed by atoms with E-state index in [0.717, 1.165) is 10.6 Å². The van der Waals surface area contributed by atoms with Crippen LogP contribution in [-0.2, 0) is 10.0 Å². The first-order valence-electron chi connectivity index (χ1n) is 12.6. The van der Waals surface area contributed by atoms with E-state index in [-0.39, 0.29) is 16.9 Å². The molecule has 9 nitrogen and oxygen atoms in total.